The molecule has 2 aliphatic heterocycles. The number of nitrogens with one attached hydrogen (secondary N) is 2. The molecule has 1 saturated heterocycles. The molecule has 2 aromatic carbocycles. The SMILES string of the molecule is CN1CCN2c3ccc(Nc4ncc(Cl)c(Nc5ccccc5P(C)(C)=O)n4)cc3OCC2C1. The standard InChI is InChI=1S/C24H28ClN6O2P/c1-30-10-11-31-17(14-30)15-33-21-12-16(8-9-20(21)31)27-24-26-13-18(25)23(29-24)28-19-6-4-5-7-22(19)34(2,3)32/h4-9,12-13,17H,10-11,14-15H2,1-3H3,(H2,26,27,28,29). The highest BCUT2D eigenvalue weighted by atomic mass is 35.5. The number of anilines is 5. The highest BCUT2D eigenvalue weighted by Gasteiger charge is 2.31. The van der Waals surface area contributed by atoms with Gasteiger partial charge in [0.2, 0.25) is 5.95 Å². The molecule has 0 spiro atoms. The first-order valence-corrected chi connectivity index (χ1v) is 14.2. The summed E-state index contributed by atoms with van der Waals surface area (Å²) in [5.74, 6) is 1.69. The molecule has 3 heterocycles. The van der Waals surface area contributed by atoms with Gasteiger partial charge < -0.3 is 29.7 Å². The van der Waals surface area contributed by atoms with E-state index in [1.54, 1.807) is 19.5 Å². The van der Waals surface area contributed by atoms with Gasteiger partial charge in [-0.1, -0.05) is 23.7 Å². The molecule has 2 N–H and O–H groups in total. The molecule has 0 aliphatic carbocycles. The van der Waals surface area contributed by atoms with Gasteiger partial charge in [0.15, 0.2) is 5.82 Å². The van der Waals surface area contributed by atoms with E-state index in [-0.39, 0.29) is 0 Å². The third-order valence-electron chi connectivity index (χ3n) is 6.12. The number of aromatic nitrogens is 2. The number of hydrogen-bond acceptors (Lipinski definition) is 8. The van der Waals surface area contributed by atoms with Crippen LogP contribution in [-0.2, 0) is 4.57 Å². The Balaban J connectivity index is 1.37. The fraction of sp³-hybridized carbons (Fsp3) is 0.333. The summed E-state index contributed by atoms with van der Waals surface area (Å²) < 4.78 is 18.8. The van der Waals surface area contributed by atoms with Gasteiger partial charge in [-0.3, -0.25) is 0 Å². The number of halogens is 1. The molecule has 178 valence electrons. The molecule has 1 aromatic heterocycles. The highest BCUT2D eigenvalue weighted by molar-refractivity contribution is 7.70. The number of nitrogens with zero attached hydrogens (tertiary/aromatic N) is 4. The summed E-state index contributed by atoms with van der Waals surface area (Å²) in [5, 5.41) is 7.59. The third-order valence-corrected chi connectivity index (χ3v) is 7.95. The minimum Gasteiger partial charge on any atom is -0.489 e. The Labute approximate surface area is 204 Å². The monoisotopic (exact) mass is 498 g/mol. The van der Waals surface area contributed by atoms with Crippen LogP contribution in [0.2, 0.25) is 5.02 Å². The van der Waals surface area contributed by atoms with E-state index >= 15 is 0 Å². The van der Waals surface area contributed by atoms with E-state index in [1.165, 1.54) is 0 Å². The first kappa shape index (κ1) is 23.0. The summed E-state index contributed by atoms with van der Waals surface area (Å²) in [6.07, 6.45) is 1.54. The van der Waals surface area contributed by atoms with Crippen molar-refractivity contribution in [3.05, 3.63) is 53.7 Å². The summed E-state index contributed by atoms with van der Waals surface area (Å²) in [7, 11) is -0.335. The minimum absolute atomic E-state index is 0.372. The van der Waals surface area contributed by atoms with Crippen molar-refractivity contribution >= 4 is 52.9 Å². The van der Waals surface area contributed by atoms with Crippen molar-refractivity contribution in [3.8, 4) is 5.75 Å². The van der Waals surface area contributed by atoms with Crippen LogP contribution in [0.15, 0.2) is 48.7 Å². The van der Waals surface area contributed by atoms with Gasteiger partial charge in [0.05, 0.1) is 23.6 Å². The molecule has 2 aliphatic rings. The van der Waals surface area contributed by atoms with E-state index in [0.717, 1.165) is 42.1 Å². The van der Waals surface area contributed by atoms with Crippen LogP contribution in [0.4, 0.5) is 28.8 Å². The van der Waals surface area contributed by atoms with Crippen molar-refractivity contribution in [2.75, 3.05) is 62.2 Å². The molecule has 34 heavy (non-hydrogen) atoms. The number of ether oxygens (including phenoxy) is 1. The Bertz CT molecular complexity index is 1270. The summed E-state index contributed by atoms with van der Waals surface area (Å²) in [6.45, 7) is 7.19. The van der Waals surface area contributed by atoms with Crippen molar-refractivity contribution in [2.24, 2.45) is 0 Å². The smallest absolute Gasteiger partial charge is 0.229 e. The zero-order valence-electron chi connectivity index (χ0n) is 19.5. The normalized spacial score (nSPS) is 18.0. The Morgan fingerprint density at radius 3 is 2.79 bits per heavy atom. The average molecular weight is 499 g/mol. The van der Waals surface area contributed by atoms with Gasteiger partial charge in [-0.15, -0.1) is 0 Å². The quantitative estimate of drug-likeness (QED) is 0.502. The van der Waals surface area contributed by atoms with Gasteiger partial charge in [-0.05, 0) is 44.6 Å². The summed E-state index contributed by atoms with van der Waals surface area (Å²) in [6, 6.07) is 13.9. The number of hydrogen-bond donors (Lipinski definition) is 2. The van der Waals surface area contributed by atoms with E-state index in [4.69, 9.17) is 16.3 Å². The predicted molar refractivity (Wildman–Crippen MR) is 140 cm³/mol. The number of para-hydroxylation sites is 1. The third kappa shape index (κ3) is 4.71. The Morgan fingerprint density at radius 2 is 1.97 bits per heavy atom. The molecule has 1 atom stereocenters. The van der Waals surface area contributed by atoms with E-state index in [0.29, 0.717) is 35.1 Å². The lowest BCUT2D eigenvalue weighted by Crippen LogP contribution is -2.56. The van der Waals surface area contributed by atoms with Crippen LogP contribution in [0, 0.1) is 0 Å². The van der Waals surface area contributed by atoms with Crippen LogP contribution in [0.5, 0.6) is 5.75 Å². The Hall–Kier alpha value is -2.80. The largest absolute Gasteiger partial charge is 0.489 e. The zero-order valence-corrected chi connectivity index (χ0v) is 21.1. The van der Waals surface area contributed by atoms with Crippen LogP contribution in [0.1, 0.15) is 0 Å². The Kier molecular flexibility index (Phi) is 6.15. The van der Waals surface area contributed by atoms with Crippen LogP contribution < -0.4 is 25.6 Å². The zero-order chi connectivity index (χ0) is 23.9. The topological polar surface area (TPSA) is 82.6 Å². The molecule has 0 saturated carbocycles. The molecule has 0 radical (unpaired) electrons. The summed E-state index contributed by atoms with van der Waals surface area (Å²) in [5.41, 5.74) is 2.66. The number of piperazine rings is 1. The van der Waals surface area contributed by atoms with Crippen molar-refractivity contribution in [2.45, 2.75) is 6.04 Å². The maximum absolute atomic E-state index is 12.7. The van der Waals surface area contributed by atoms with Gasteiger partial charge in [-0.25, -0.2) is 4.98 Å². The fourth-order valence-electron chi connectivity index (χ4n) is 4.42. The second-order valence-electron chi connectivity index (χ2n) is 9.11. The number of benzene rings is 2. The maximum atomic E-state index is 12.7. The Morgan fingerprint density at radius 1 is 1.15 bits per heavy atom. The van der Waals surface area contributed by atoms with Crippen molar-refractivity contribution in [1.82, 2.24) is 14.9 Å². The molecular formula is C24H28ClN6O2P. The lowest BCUT2D eigenvalue weighted by Gasteiger charge is -2.44. The second kappa shape index (κ2) is 9.10. The molecule has 0 bridgehead atoms. The number of rotatable bonds is 5. The molecule has 0 amide bonds. The molecule has 5 rings (SSSR count). The summed E-state index contributed by atoms with van der Waals surface area (Å²) >= 11 is 6.37. The van der Waals surface area contributed by atoms with E-state index in [2.05, 4.69) is 43.5 Å². The second-order valence-corrected chi connectivity index (χ2v) is 12.7. The van der Waals surface area contributed by atoms with Gasteiger partial charge in [-0.2, -0.15) is 4.98 Å². The van der Waals surface area contributed by atoms with Gasteiger partial charge in [0.25, 0.3) is 0 Å². The molecule has 1 fully saturated rings. The predicted octanol–water partition coefficient (Wildman–Crippen LogP) is 4.38. The fourth-order valence-corrected chi connectivity index (χ4v) is 5.72. The van der Waals surface area contributed by atoms with Crippen LogP contribution in [-0.4, -0.2) is 67.5 Å². The van der Waals surface area contributed by atoms with E-state index in [1.807, 2.05) is 36.4 Å². The number of fused-ring (bicyclic) bond motifs is 3. The molecule has 10 heteroatoms. The molecule has 1 unspecified atom stereocenters. The van der Waals surface area contributed by atoms with E-state index in [9.17, 15) is 4.57 Å². The number of likely N-dealkylation sites (N-methyl/N-ethyl adjacent to an activating group) is 1. The van der Waals surface area contributed by atoms with Gasteiger partial charge in [0, 0.05) is 36.7 Å². The maximum Gasteiger partial charge on any atom is 0.229 e. The van der Waals surface area contributed by atoms with Crippen molar-refractivity contribution < 1.29 is 9.30 Å². The van der Waals surface area contributed by atoms with Crippen LogP contribution >= 0.6 is 18.7 Å². The molecule has 3 aromatic rings. The van der Waals surface area contributed by atoms with Crippen LogP contribution in [0.3, 0.4) is 0 Å². The average Bonchev–Trinajstić information content (AvgIpc) is 2.80. The first-order chi connectivity index (χ1) is 16.3. The lowest BCUT2D eigenvalue weighted by atomic mass is 10.1. The highest BCUT2D eigenvalue weighted by Crippen LogP contribution is 2.39. The summed E-state index contributed by atoms with van der Waals surface area (Å²) in [4.78, 5) is 13.7. The van der Waals surface area contributed by atoms with Crippen molar-refractivity contribution in [3.63, 3.8) is 0 Å². The molecule has 8 nitrogen and oxygen atoms in total. The van der Waals surface area contributed by atoms with Gasteiger partial charge >= 0.3 is 0 Å². The lowest BCUT2D eigenvalue weighted by molar-refractivity contribution is 0.188. The van der Waals surface area contributed by atoms with E-state index < -0.39 is 7.14 Å². The minimum atomic E-state index is -2.49. The van der Waals surface area contributed by atoms with Crippen molar-refractivity contribution in [1.29, 1.82) is 0 Å². The van der Waals surface area contributed by atoms with Crippen LogP contribution in [0.25, 0.3) is 0 Å². The van der Waals surface area contributed by atoms with Gasteiger partial charge in [0.1, 0.15) is 24.5 Å². The molecular weight excluding hydrogens is 471 g/mol. The first-order valence-electron chi connectivity index (χ1n) is 11.2.